The van der Waals surface area contributed by atoms with Gasteiger partial charge in [-0.1, -0.05) is 0 Å². The Labute approximate surface area is 87.1 Å². The van der Waals surface area contributed by atoms with Crippen molar-refractivity contribution in [1.82, 2.24) is 5.32 Å². The molecule has 0 radical (unpaired) electrons. The molecule has 1 aliphatic rings. The maximum Gasteiger partial charge on any atom is 0.176 e. The summed E-state index contributed by atoms with van der Waals surface area (Å²) in [5, 5.41) is 3.16. The van der Waals surface area contributed by atoms with E-state index in [1.165, 1.54) is 23.8 Å². The van der Waals surface area contributed by atoms with Crippen molar-refractivity contribution in [2.24, 2.45) is 0 Å². The molecule has 4 heteroatoms. The Balaban J connectivity index is 1.67. The number of rotatable bonds is 4. The summed E-state index contributed by atoms with van der Waals surface area (Å²) in [5.74, 6) is 0. The van der Waals surface area contributed by atoms with Crippen LogP contribution in [0.15, 0.2) is 12.1 Å². The first-order valence-electron chi connectivity index (χ1n) is 4.91. The molecule has 1 aromatic rings. The molecule has 78 valence electrons. The minimum Gasteiger partial charge on any atom is -0.377 e. The van der Waals surface area contributed by atoms with E-state index in [-0.39, 0.29) is 5.13 Å². The summed E-state index contributed by atoms with van der Waals surface area (Å²) in [5.41, 5.74) is 0. The van der Waals surface area contributed by atoms with Crippen LogP contribution in [0.25, 0.3) is 0 Å². The van der Waals surface area contributed by atoms with Gasteiger partial charge in [-0.25, -0.2) is 0 Å². The molecule has 0 aromatic carbocycles. The minimum absolute atomic E-state index is 0.112. The van der Waals surface area contributed by atoms with Crippen molar-refractivity contribution in [1.29, 1.82) is 0 Å². The number of hydrogen-bond donors (Lipinski definition) is 1. The van der Waals surface area contributed by atoms with E-state index in [0.717, 1.165) is 31.0 Å². The third kappa shape index (κ3) is 2.77. The molecule has 2 heterocycles. The molecule has 14 heavy (non-hydrogen) atoms. The monoisotopic (exact) mass is 215 g/mol. The van der Waals surface area contributed by atoms with Crippen LogP contribution in [-0.4, -0.2) is 19.3 Å². The van der Waals surface area contributed by atoms with Gasteiger partial charge in [-0.05, 0) is 25.0 Å². The van der Waals surface area contributed by atoms with Gasteiger partial charge in [0.2, 0.25) is 0 Å². The molecule has 0 aliphatic carbocycles. The fraction of sp³-hybridized carbons (Fsp3) is 0.600. The molecule has 2 nitrogen and oxygen atoms in total. The van der Waals surface area contributed by atoms with Gasteiger partial charge in [0.05, 0.1) is 6.10 Å². The van der Waals surface area contributed by atoms with Crippen LogP contribution in [0, 0.1) is 5.13 Å². The molecule has 1 fully saturated rings. The van der Waals surface area contributed by atoms with Crippen molar-refractivity contribution in [3.63, 3.8) is 0 Å². The lowest BCUT2D eigenvalue weighted by molar-refractivity contribution is 0.110. The third-order valence-electron chi connectivity index (χ3n) is 2.32. The van der Waals surface area contributed by atoms with Crippen molar-refractivity contribution >= 4 is 11.3 Å². The highest BCUT2D eigenvalue weighted by Gasteiger charge is 2.14. The minimum atomic E-state index is -0.112. The normalized spacial score (nSPS) is 21.6. The Kier molecular flexibility index (Phi) is 3.50. The average molecular weight is 215 g/mol. The molecular formula is C10H14FNOS. The second kappa shape index (κ2) is 4.87. The number of ether oxygens (including phenoxy) is 1. The smallest absolute Gasteiger partial charge is 0.176 e. The summed E-state index contributed by atoms with van der Waals surface area (Å²) in [7, 11) is 0. The van der Waals surface area contributed by atoms with E-state index >= 15 is 0 Å². The summed E-state index contributed by atoms with van der Waals surface area (Å²) in [6.45, 7) is 2.51. The van der Waals surface area contributed by atoms with Crippen LogP contribution in [-0.2, 0) is 11.3 Å². The van der Waals surface area contributed by atoms with Crippen molar-refractivity contribution in [2.75, 3.05) is 13.2 Å². The van der Waals surface area contributed by atoms with E-state index in [9.17, 15) is 4.39 Å². The Bertz CT molecular complexity index is 283. The second-order valence-electron chi connectivity index (χ2n) is 3.47. The Morgan fingerprint density at radius 3 is 3.14 bits per heavy atom. The topological polar surface area (TPSA) is 21.3 Å². The van der Waals surface area contributed by atoms with E-state index in [4.69, 9.17) is 4.74 Å². The third-order valence-corrected chi connectivity index (χ3v) is 3.20. The SMILES string of the molecule is Fc1ccc(CNC[C@@H]2CCCO2)s1. The fourth-order valence-corrected chi connectivity index (χ4v) is 2.31. The lowest BCUT2D eigenvalue weighted by Gasteiger charge is -2.09. The zero-order valence-electron chi connectivity index (χ0n) is 7.96. The lowest BCUT2D eigenvalue weighted by Crippen LogP contribution is -2.25. The van der Waals surface area contributed by atoms with Crippen LogP contribution in [0.5, 0.6) is 0 Å². The van der Waals surface area contributed by atoms with Crippen molar-refractivity contribution in [3.8, 4) is 0 Å². The first-order chi connectivity index (χ1) is 6.84. The molecule has 0 unspecified atom stereocenters. The highest BCUT2D eigenvalue weighted by Crippen LogP contribution is 2.14. The highest BCUT2D eigenvalue weighted by atomic mass is 32.1. The Hall–Kier alpha value is -0.450. The molecule has 0 saturated carbocycles. The van der Waals surface area contributed by atoms with E-state index in [1.54, 1.807) is 0 Å². The largest absolute Gasteiger partial charge is 0.377 e. The first kappa shape index (κ1) is 10.1. The van der Waals surface area contributed by atoms with E-state index in [0.29, 0.717) is 6.10 Å². The molecule has 2 rings (SSSR count). The van der Waals surface area contributed by atoms with E-state index < -0.39 is 0 Å². The number of hydrogen-bond acceptors (Lipinski definition) is 3. The van der Waals surface area contributed by atoms with Gasteiger partial charge in [-0.15, -0.1) is 11.3 Å². The van der Waals surface area contributed by atoms with Gasteiger partial charge in [0.1, 0.15) is 0 Å². The maximum absolute atomic E-state index is 12.6. The van der Waals surface area contributed by atoms with E-state index in [2.05, 4.69) is 5.32 Å². The zero-order valence-corrected chi connectivity index (χ0v) is 8.78. The highest BCUT2D eigenvalue weighted by molar-refractivity contribution is 7.10. The molecule has 0 amide bonds. The molecule has 1 aliphatic heterocycles. The quantitative estimate of drug-likeness (QED) is 0.831. The van der Waals surface area contributed by atoms with E-state index in [1.807, 2.05) is 6.07 Å². The van der Waals surface area contributed by atoms with Gasteiger partial charge in [0.25, 0.3) is 0 Å². The van der Waals surface area contributed by atoms with Crippen LogP contribution < -0.4 is 5.32 Å². The molecule has 1 aromatic heterocycles. The van der Waals surface area contributed by atoms with Gasteiger partial charge < -0.3 is 10.1 Å². The summed E-state index contributed by atoms with van der Waals surface area (Å²) in [6, 6.07) is 3.33. The van der Waals surface area contributed by atoms with Crippen molar-refractivity contribution in [2.45, 2.75) is 25.5 Å². The molecule has 1 atom stereocenters. The molecular weight excluding hydrogens is 201 g/mol. The fourth-order valence-electron chi connectivity index (χ4n) is 1.61. The summed E-state index contributed by atoms with van der Waals surface area (Å²) < 4.78 is 18.1. The van der Waals surface area contributed by atoms with Crippen molar-refractivity contribution in [3.05, 3.63) is 22.1 Å². The molecule has 0 spiro atoms. The van der Waals surface area contributed by atoms with Gasteiger partial charge in [0.15, 0.2) is 5.13 Å². The molecule has 1 saturated heterocycles. The molecule has 1 N–H and O–H groups in total. The summed E-state index contributed by atoms with van der Waals surface area (Å²) in [4.78, 5) is 1.04. The number of nitrogens with one attached hydrogen (secondary N) is 1. The lowest BCUT2D eigenvalue weighted by atomic mass is 10.2. The second-order valence-corrected chi connectivity index (χ2v) is 4.59. The van der Waals surface area contributed by atoms with Gasteiger partial charge in [-0.3, -0.25) is 0 Å². The number of thiophene rings is 1. The van der Waals surface area contributed by atoms with Gasteiger partial charge in [-0.2, -0.15) is 4.39 Å². The maximum atomic E-state index is 12.6. The van der Waals surface area contributed by atoms with Gasteiger partial charge >= 0.3 is 0 Å². The standard InChI is InChI=1S/C10H14FNOS/c11-10-4-3-9(14-10)7-12-6-8-2-1-5-13-8/h3-4,8,12H,1-2,5-7H2/t8-/m0/s1. The predicted octanol–water partition coefficient (Wildman–Crippen LogP) is 2.16. The molecule has 0 bridgehead atoms. The summed E-state index contributed by atoms with van der Waals surface area (Å²) >= 11 is 1.20. The summed E-state index contributed by atoms with van der Waals surface area (Å²) in [6.07, 6.45) is 2.67. The average Bonchev–Trinajstić information content (AvgIpc) is 2.77. The Morgan fingerprint density at radius 2 is 2.50 bits per heavy atom. The van der Waals surface area contributed by atoms with Crippen LogP contribution in [0.3, 0.4) is 0 Å². The van der Waals surface area contributed by atoms with Crippen LogP contribution in [0.4, 0.5) is 4.39 Å². The van der Waals surface area contributed by atoms with Gasteiger partial charge in [0, 0.05) is 24.6 Å². The zero-order chi connectivity index (χ0) is 9.80. The van der Waals surface area contributed by atoms with Crippen LogP contribution in [0.1, 0.15) is 17.7 Å². The predicted molar refractivity (Wildman–Crippen MR) is 55.0 cm³/mol. The Morgan fingerprint density at radius 1 is 1.57 bits per heavy atom. The first-order valence-corrected chi connectivity index (χ1v) is 5.73. The van der Waals surface area contributed by atoms with Crippen molar-refractivity contribution < 1.29 is 9.13 Å². The number of halogens is 1. The van der Waals surface area contributed by atoms with Crippen LogP contribution in [0.2, 0.25) is 0 Å². The van der Waals surface area contributed by atoms with Crippen LogP contribution >= 0.6 is 11.3 Å².